The molecule has 0 amide bonds. The number of fused-ring (bicyclic) bond motifs is 3. The van der Waals surface area contributed by atoms with Gasteiger partial charge >= 0.3 is 12.9 Å². The van der Waals surface area contributed by atoms with E-state index in [1.54, 1.807) is 11.5 Å². The fourth-order valence-electron chi connectivity index (χ4n) is 2.81. The maximum atomic E-state index is 14.0. The van der Waals surface area contributed by atoms with Crippen LogP contribution in [0.3, 0.4) is 0 Å². The van der Waals surface area contributed by atoms with Gasteiger partial charge < -0.3 is 18.6 Å². The van der Waals surface area contributed by atoms with Crippen molar-refractivity contribution >= 4 is 47.4 Å². The van der Waals surface area contributed by atoms with Gasteiger partial charge in [-0.15, -0.1) is 0 Å². The number of rotatable bonds is 3. The van der Waals surface area contributed by atoms with Crippen molar-refractivity contribution in [3.05, 3.63) is 34.7 Å². The standard InChI is InChI=1S/C16H14BClFNO7/c1-4-20-7-11-15(10-5-12(18)13(19)6-14(10)20)26-17(24-8(2)21,25-9(3)22)27-16(11)23/h5-7H,4H2,1-3H3. The first-order chi connectivity index (χ1) is 12.7. The normalized spacial score (nSPS) is 14.8. The number of halogens is 2. The molecule has 0 fully saturated rings. The lowest BCUT2D eigenvalue weighted by atomic mass is 9.98. The van der Waals surface area contributed by atoms with E-state index in [9.17, 15) is 18.8 Å². The van der Waals surface area contributed by atoms with Crippen LogP contribution in [0, 0.1) is 5.82 Å². The minimum absolute atomic E-state index is 0.0242. The zero-order chi connectivity index (χ0) is 19.9. The van der Waals surface area contributed by atoms with Crippen molar-refractivity contribution in [3.8, 4) is 5.75 Å². The second-order valence-corrected chi connectivity index (χ2v) is 6.17. The van der Waals surface area contributed by atoms with Crippen LogP contribution >= 0.6 is 11.6 Å². The highest BCUT2D eigenvalue weighted by Crippen LogP contribution is 2.37. The topological polar surface area (TPSA) is 92.0 Å². The van der Waals surface area contributed by atoms with E-state index < -0.39 is 30.7 Å². The Hall–Kier alpha value is -2.88. The first kappa shape index (κ1) is 18.9. The highest BCUT2D eigenvalue weighted by molar-refractivity contribution is 6.61. The van der Waals surface area contributed by atoms with Crippen LogP contribution in [0.25, 0.3) is 10.9 Å². The van der Waals surface area contributed by atoms with Gasteiger partial charge in [0.25, 0.3) is 11.9 Å². The number of aryl methyl sites for hydroxylation is 1. The fraction of sp³-hybridized carbons (Fsp3) is 0.250. The highest BCUT2D eigenvalue weighted by Gasteiger charge is 2.51. The Morgan fingerprint density at radius 1 is 1.22 bits per heavy atom. The Labute approximate surface area is 157 Å². The van der Waals surface area contributed by atoms with Gasteiger partial charge in [-0.25, -0.2) is 4.39 Å². The van der Waals surface area contributed by atoms with Crippen molar-refractivity contribution in [1.29, 1.82) is 0 Å². The molecule has 1 aromatic carbocycles. The van der Waals surface area contributed by atoms with Crippen LogP contribution in [-0.2, 0) is 30.1 Å². The van der Waals surface area contributed by atoms with Gasteiger partial charge in [0.2, 0.25) is 5.52 Å². The molecule has 0 saturated carbocycles. The number of carbonyl (C=O) groups excluding carboxylic acids is 3. The Balaban J connectivity index is 2.28. The Kier molecular flexibility index (Phi) is 4.69. The lowest BCUT2D eigenvalue weighted by Crippen LogP contribution is -2.58. The molecule has 0 saturated heterocycles. The summed E-state index contributed by atoms with van der Waals surface area (Å²) in [5, 5.41) is 0.0436. The summed E-state index contributed by atoms with van der Waals surface area (Å²) in [7, 11) is 0. The molecule has 142 valence electrons. The molecule has 0 aliphatic carbocycles. The molecule has 0 unspecified atom stereocenters. The summed E-state index contributed by atoms with van der Waals surface area (Å²) >= 11 is 5.88. The third kappa shape index (κ3) is 3.40. The molecule has 3 rings (SSSR count). The van der Waals surface area contributed by atoms with E-state index in [0.717, 1.165) is 13.8 Å². The van der Waals surface area contributed by atoms with Gasteiger partial charge in [-0.1, -0.05) is 11.6 Å². The average Bonchev–Trinajstić information content (AvgIpc) is 2.54. The van der Waals surface area contributed by atoms with Crippen LogP contribution in [0.5, 0.6) is 5.75 Å². The van der Waals surface area contributed by atoms with Gasteiger partial charge in [0, 0.05) is 19.9 Å². The van der Waals surface area contributed by atoms with Gasteiger partial charge in [0.1, 0.15) is 18.1 Å². The van der Waals surface area contributed by atoms with E-state index in [2.05, 4.69) is 0 Å². The van der Waals surface area contributed by atoms with E-state index in [1.165, 1.54) is 18.3 Å². The van der Waals surface area contributed by atoms with Crippen LogP contribution < -0.4 is 9.22 Å². The summed E-state index contributed by atoms with van der Waals surface area (Å²) in [5.41, 5.74) is 0.340. The van der Waals surface area contributed by atoms with Gasteiger partial charge in [0.05, 0.1) is 10.4 Å². The summed E-state index contributed by atoms with van der Waals surface area (Å²) < 4.78 is 35.9. The number of hydrogen-bond acceptors (Lipinski definition) is 7. The van der Waals surface area contributed by atoms with Crippen molar-refractivity contribution in [1.82, 2.24) is 0 Å². The zero-order valence-electron chi connectivity index (χ0n) is 14.6. The lowest BCUT2D eigenvalue weighted by molar-refractivity contribution is -0.668. The first-order valence-corrected chi connectivity index (χ1v) is 8.33. The van der Waals surface area contributed by atoms with Crippen molar-refractivity contribution in [2.45, 2.75) is 27.3 Å². The molecule has 1 aliphatic heterocycles. The molecular formula is C16H14BClFNO7. The lowest BCUT2D eigenvalue weighted by Gasteiger charge is -2.41. The van der Waals surface area contributed by atoms with Crippen molar-refractivity contribution < 1.29 is 42.0 Å². The maximum absolute atomic E-state index is 14.0. The van der Waals surface area contributed by atoms with Crippen LogP contribution in [0.2, 0.25) is 5.02 Å². The van der Waals surface area contributed by atoms with E-state index in [0.29, 0.717) is 12.1 Å². The Bertz CT molecular complexity index is 981. The van der Waals surface area contributed by atoms with Crippen molar-refractivity contribution in [3.63, 3.8) is 0 Å². The summed E-state index contributed by atoms with van der Waals surface area (Å²) in [6, 6.07) is 2.44. The third-order valence-corrected chi connectivity index (χ3v) is 4.11. The molecule has 0 bridgehead atoms. The van der Waals surface area contributed by atoms with Crippen LogP contribution in [0.15, 0.2) is 18.3 Å². The fourth-order valence-corrected chi connectivity index (χ4v) is 2.97. The van der Waals surface area contributed by atoms with E-state index >= 15 is 0 Å². The maximum Gasteiger partial charge on any atom is 0.782 e. The van der Waals surface area contributed by atoms with E-state index in [4.69, 9.17) is 30.2 Å². The molecule has 0 atom stereocenters. The molecule has 27 heavy (non-hydrogen) atoms. The number of pyridine rings is 1. The molecule has 0 radical (unpaired) electrons. The number of benzene rings is 1. The van der Waals surface area contributed by atoms with E-state index in [-0.39, 0.29) is 21.7 Å². The largest absolute Gasteiger partial charge is 0.782 e. The molecule has 2 aromatic rings. The van der Waals surface area contributed by atoms with Gasteiger partial charge in [-0.05, 0) is 13.0 Å². The summed E-state index contributed by atoms with van der Waals surface area (Å²) in [4.78, 5) is 35.4. The number of nitrogens with zero attached hydrogens (tertiary/aromatic N) is 1. The molecule has 11 heteroatoms. The Morgan fingerprint density at radius 2 is 1.85 bits per heavy atom. The predicted molar refractivity (Wildman–Crippen MR) is 90.1 cm³/mol. The second kappa shape index (κ2) is 6.69. The van der Waals surface area contributed by atoms with Crippen LogP contribution in [0.1, 0.15) is 31.1 Å². The number of aromatic nitrogens is 1. The van der Waals surface area contributed by atoms with Crippen molar-refractivity contribution in [2.24, 2.45) is 0 Å². The summed E-state index contributed by atoms with van der Waals surface area (Å²) in [6.45, 7) is 0.729. The summed E-state index contributed by atoms with van der Waals surface area (Å²) in [5.74, 6) is -3.51. The molecule has 0 N–H and O–H groups in total. The SMILES string of the molecule is CC[n+]1cc2c(c3cc(Cl)c(F)cc31)O[B-](OC(C)=O)(OC(C)=O)OC2=O. The number of hydrogen-bond donors (Lipinski definition) is 0. The quantitative estimate of drug-likeness (QED) is 0.578. The highest BCUT2D eigenvalue weighted by atomic mass is 35.5. The monoisotopic (exact) mass is 397 g/mol. The smallest absolute Gasteiger partial charge is 0.610 e. The predicted octanol–water partition coefficient (Wildman–Crippen LogP) is 2.05. The molecule has 1 aromatic heterocycles. The molecule has 1 aliphatic rings. The van der Waals surface area contributed by atoms with Gasteiger partial charge in [-0.3, -0.25) is 14.4 Å². The van der Waals surface area contributed by atoms with Crippen LogP contribution in [0.4, 0.5) is 4.39 Å². The zero-order valence-corrected chi connectivity index (χ0v) is 15.3. The molecular weight excluding hydrogens is 383 g/mol. The van der Waals surface area contributed by atoms with Gasteiger partial charge in [-0.2, -0.15) is 4.57 Å². The minimum atomic E-state index is -3.52. The molecule has 2 heterocycles. The average molecular weight is 398 g/mol. The third-order valence-electron chi connectivity index (χ3n) is 3.82. The van der Waals surface area contributed by atoms with Crippen LogP contribution in [-0.4, -0.2) is 24.9 Å². The summed E-state index contributed by atoms with van der Waals surface area (Å²) in [6.07, 6.45) is 1.40. The molecule has 8 nitrogen and oxygen atoms in total. The first-order valence-electron chi connectivity index (χ1n) is 7.95. The Morgan fingerprint density at radius 3 is 2.41 bits per heavy atom. The van der Waals surface area contributed by atoms with E-state index in [1.807, 2.05) is 0 Å². The second-order valence-electron chi connectivity index (χ2n) is 5.76. The van der Waals surface area contributed by atoms with Crippen molar-refractivity contribution in [2.75, 3.05) is 0 Å². The minimum Gasteiger partial charge on any atom is -0.610 e. The van der Waals surface area contributed by atoms with Gasteiger partial charge in [0.15, 0.2) is 11.8 Å². The number of carbonyl (C=O) groups is 3. The molecule has 0 spiro atoms.